The van der Waals surface area contributed by atoms with E-state index >= 15 is 0 Å². The van der Waals surface area contributed by atoms with Gasteiger partial charge in [-0.25, -0.2) is 4.98 Å². The molecule has 4 rings (SSSR count). The summed E-state index contributed by atoms with van der Waals surface area (Å²) in [7, 11) is 0. The third kappa shape index (κ3) is 4.49. The summed E-state index contributed by atoms with van der Waals surface area (Å²) in [6.45, 7) is -0.115. The van der Waals surface area contributed by atoms with Crippen LogP contribution in [0.4, 0.5) is 0 Å². The van der Waals surface area contributed by atoms with E-state index in [0.29, 0.717) is 27.8 Å². The molecule has 2 aromatic carbocycles. The molecular formula is C20H15ClN2O5S. The van der Waals surface area contributed by atoms with Crippen molar-refractivity contribution in [2.45, 2.75) is 6.61 Å². The Morgan fingerprint density at radius 3 is 2.86 bits per heavy atom. The Bertz CT molecular complexity index is 1070. The van der Waals surface area contributed by atoms with Crippen molar-refractivity contribution in [2.24, 2.45) is 0 Å². The van der Waals surface area contributed by atoms with E-state index in [9.17, 15) is 9.59 Å². The van der Waals surface area contributed by atoms with E-state index in [4.69, 9.17) is 25.8 Å². The van der Waals surface area contributed by atoms with Gasteiger partial charge >= 0.3 is 5.97 Å². The number of carbonyl (C=O) groups is 2. The summed E-state index contributed by atoms with van der Waals surface area (Å²) in [6, 6.07) is 12.2. The van der Waals surface area contributed by atoms with Crippen LogP contribution >= 0.6 is 22.9 Å². The monoisotopic (exact) mass is 430 g/mol. The summed E-state index contributed by atoms with van der Waals surface area (Å²) in [5.74, 6) is 0.111. The van der Waals surface area contributed by atoms with Crippen molar-refractivity contribution in [3.05, 3.63) is 64.1 Å². The van der Waals surface area contributed by atoms with Gasteiger partial charge in [0.25, 0.3) is 5.91 Å². The number of thiazole rings is 1. The third-order valence-corrected chi connectivity index (χ3v) is 5.32. The summed E-state index contributed by atoms with van der Waals surface area (Å²) in [4.78, 5) is 28.6. The normalized spacial score (nSPS) is 11.9. The van der Waals surface area contributed by atoms with Crippen LogP contribution in [0, 0.1) is 0 Å². The molecule has 1 aliphatic heterocycles. The molecule has 1 N–H and O–H groups in total. The van der Waals surface area contributed by atoms with Crippen LogP contribution in [0.5, 0.6) is 11.5 Å². The van der Waals surface area contributed by atoms with Crippen molar-refractivity contribution in [3.63, 3.8) is 0 Å². The predicted octanol–water partition coefficient (Wildman–Crippen LogP) is 3.67. The first-order valence-electron chi connectivity index (χ1n) is 8.63. The van der Waals surface area contributed by atoms with Gasteiger partial charge in [-0.15, -0.1) is 11.3 Å². The first kappa shape index (κ1) is 19.2. The Balaban J connectivity index is 1.27. The van der Waals surface area contributed by atoms with Gasteiger partial charge in [0.05, 0.1) is 10.7 Å². The van der Waals surface area contributed by atoms with E-state index in [1.54, 1.807) is 29.6 Å². The van der Waals surface area contributed by atoms with Gasteiger partial charge < -0.3 is 19.5 Å². The highest BCUT2D eigenvalue weighted by molar-refractivity contribution is 7.13. The van der Waals surface area contributed by atoms with Crippen LogP contribution in [-0.2, 0) is 16.1 Å². The molecule has 148 valence electrons. The lowest BCUT2D eigenvalue weighted by Gasteiger charge is -2.06. The first-order valence-corrected chi connectivity index (χ1v) is 9.89. The van der Waals surface area contributed by atoms with Crippen molar-refractivity contribution in [2.75, 3.05) is 13.3 Å². The maximum absolute atomic E-state index is 12.2. The minimum atomic E-state index is -0.564. The first-order chi connectivity index (χ1) is 14.1. The Morgan fingerprint density at radius 2 is 2.00 bits per heavy atom. The molecule has 9 heteroatoms. The number of halogens is 1. The molecule has 0 atom stereocenters. The number of nitrogens with zero attached hydrogens (tertiary/aromatic N) is 1. The Labute approximate surface area is 175 Å². The number of rotatable bonds is 6. The van der Waals surface area contributed by atoms with Gasteiger partial charge in [-0.1, -0.05) is 29.8 Å². The SMILES string of the molecule is O=C(CNC(=O)c1ccc2c(c1)OCO2)OCc1csc(-c2ccccc2Cl)n1. The van der Waals surface area contributed by atoms with Crippen molar-refractivity contribution >= 4 is 34.8 Å². The largest absolute Gasteiger partial charge is 0.458 e. The van der Waals surface area contributed by atoms with Crippen LogP contribution in [0.3, 0.4) is 0 Å². The predicted molar refractivity (Wildman–Crippen MR) is 107 cm³/mol. The second-order valence-electron chi connectivity index (χ2n) is 6.04. The average Bonchev–Trinajstić information content (AvgIpc) is 3.39. The number of benzene rings is 2. The van der Waals surface area contributed by atoms with Gasteiger partial charge in [-0.2, -0.15) is 0 Å². The molecule has 0 radical (unpaired) electrons. The second-order valence-corrected chi connectivity index (χ2v) is 7.30. The number of hydrogen-bond donors (Lipinski definition) is 1. The lowest BCUT2D eigenvalue weighted by Crippen LogP contribution is -2.30. The highest BCUT2D eigenvalue weighted by Crippen LogP contribution is 2.32. The highest BCUT2D eigenvalue weighted by Gasteiger charge is 2.17. The quantitative estimate of drug-likeness (QED) is 0.600. The number of amides is 1. The van der Waals surface area contributed by atoms with Crippen molar-refractivity contribution in [1.29, 1.82) is 0 Å². The van der Waals surface area contributed by atoms with Crippen LogP contribution in [0.25, 0.3) is 10.6 Å². The molecular weight excluding hydrogens is 416 g/mol. The minimum absolute atomic E-state index is 0.0136. The third-order valence-electron chi connectivity index (χ3n) is 4.07. The van der Waals surface area contributed by atoms with E-state index in [2.05, 4.69) is 10.3 Å². The van der Waals surface area contributed by atoms with Gasteiger partial charge in [0.15, 0.2) is 11.5 Å². The maximum Gasteiger partial charge on any atom is 0.325 e. The van der Waals surface area contributed by atoms with Gasteiger partial charge in [0.1, 0.15) is 18.2 Å². The van der Waals surface area contributed by atoms with Crippen molar-refractivity contribution in [1.82, 2.24) is 10.3 Å². The average molecular weight is 431 g/mol. The van der Waals surface area contributed by atoms with E-state index in [0.717, 1.165) is 10.6 Å². The molecule has 0 fully saturated rings. The zero-order chi connectivity index (χ0) is 20.2. The maximum atomic E-state index is 12.2. The van der Waals surface area contributed by atoms with Gasteiger partial charge in [0.2, 0.25) is 6.79 Å². The number of aromatic nitrogens is 1. The van der Waals surface area contributed by atoms with Gasteiger partial charge in [-0.05, 0) is 24.3 Å². The van der Waals surface area contributed by atoms with Crippen LogP contribution in [0.15, 0.2) is 47.8 Å². The summed E-state index contributed by atoms with van der Waals surface area (Å²) in [5, 5.41) is 5.68. The van der Waals surface area contributed by atoms with Crippen LogP contribution in [0.2, 0.25) is 5.02 Å². The minimum Gasteiger partial charge on any atom is -0.458 e. The number of nitrogens with one attached hydrogen (secondary N) is 1. The fraction of sp³-hybridized carbons (Fsp3) is 0.150. The molecule has 0 saturated heterocycles. The zero-order valence-corrected chi connectivity index (χ0v) is 16.6. The van der Waals surface area contributed by atoms with E-state index in [1.165, 1.54) is 11.3 Å². The van der Waals surface area contributed by atoms with Gasteiger partial charge in [-0.3, -0.25) is 9.59 Å². The Hall–Kier alpha value is -3.10. The lowest BCUT2D eigenvalue weighted by molar-refractivity contribution is -0.143. The summed E-state index contributed by atoms with van der Waals surface area (Å²) in [6.07, 6.45) is 0. The molecule has 0 saturated carbocycles. The molecule has 2 heterocycles. The molecule has 29 heavy (non-hydrogen) atoms. The van der Waals surface area contributed by atoms with Crippen LogP contribution in [-0.4, -0.2) is 30.2 Å². The summed E-state index contributed by atoms with van der Waals surface area (Å²) in [5.41, 5.74) is 1.80. The highest BCUT2D eigenvalue weighted by atomic mass is 35.5. The second kappa shape index (κ2) is 8.50. The van der Waals surface area contributed by atoms with Crippen LogP contribution in [0.1, 0.15) is 16.1 Å². The smallest absolute Gasteiger partial charge is 0.325 e. The Morgan fingerprint density at radius 1 is 1.17 bits per heavy atom. The molecule has 0 bridgehead atoms. The standard InChI is InChI=1S/C20H15ClN2O5S/c21-15-4-2-1-3-14(15)20-23-13(10-29-20)9-26-18(24)8-22-19(25)12-5-6-16-17(7-12)28-11-27-16/h1-7,10H,8-9,11H2,(H,22,25). The van der Waals surface area contributed by atoms with Crippen LogP contribution < -0.4 is 14.8 Å². The number of carbonyl (C=O) groups excluding carboxylic acids is 2. The fourth-order valence-corrected chi connectivity index (χ4v) is 3.75. The molecule has 3 aromatic rings. The fourth-order valence-electron chi connectivity index (χ4n) is 2.63. The number of hydrogen-bond acceptors (Lipinski definition) is 7. The topological polar surface area (TPSA) is 86.8 Å². The Kier molecular flexibility index (Phi) is 5.64. The lowest BCUT2D eigenvalue weighted by atomic mass is 10.2. The molecule has 1 aromatic heterocycles. The number of fused-ring (bicyclic) bond motifs is 1. The molecule has 7 nitrogen and oxygen atoms in total. The molecule has 0 unspecified atom stereocenters. The molecule has 0 aliphatic carbocycles. The number of esters is 1. The molecule has 1 aliphatic rings. The molecule has 0 spiro atoms. The van der Waals surface area contributed by atoms with E-state index in [-0.39, 0.29) is 19.9 Å². The molecule has 1 amide bonds. The summed E-state index contributed by atoms with van der Waals surface area (Å²) < 4.78 is 15.6. The van der Waals surface area contributed by atoms with E-state index < -0.39 is 11.9 Å². The van der Waals surface area contributed by atoms with Crippen molar-refractivity contribution in [3.8, 4) is 22.1 Å². The summed E-state index contributed by atoms with van der Waals surface area (Å²) >= 11 is 7.59. The number of ether oxygens (including phenoxy) is 3. The van der Waals surface area contributed by atoms with E-state index in [1.807, 2.05) is 18.2 Å². The van der Waals surface area contributed by atoms with Crippen molar-refractivity contribution < 1.29 is 23.8 Å². The van der Waals surface area contributed by atoms with Gasteiger partial charge in [0, 0.05) is 16.5 Å². The zero-order valence-electron chi connectivity index (χ0n) is 15.0.